The van der Waals surface area contributed by atoms with E-state index in [1.54, 1.807) is 0 Å². The number of rotatable bonds is 3. The largest absolute Gasteiger partial charge is 0.508 e. The Balaban J connectivity index is 1.62. The van der Waals surface area contributed by atoms with Gasteiger partial charge in [0.2, 0.25) is 0 Å². The van der Waals surface area contributed by atoms with Gasteiger partial charge in [0.15, 0.2) is 5.82 Å². The lowest BCUT2D eigenvalue weighted by atomic mass is 9.96. The molecular formula is C26H20F2N4O2. The van der Waals surface area contributed by atoms with Crippen molar-refractivity contribution in [2.45, 2.75) is 25.3 Å². The summed E-state index contributed by atoms with van der Waals surface area (Å²) in [6, 6.07) is 5.89. The van der Waals surface area contributed by atoms with Gasteiger partial charge in [-0.15, -0.1) is 6.42 Å². The molecule has 4 aromatic rings. The minimum atomic E-state index is -0.720. The van der Waals surface area contributed by atoms with E-state index in [1.807, 2.05) is 0 Å². The maximum atomic E-state index is 16.1. The number of terminal acetylenes is 1. The normalized spacial score (nSPS) is 19.2. The highest BCUT2D eigenvalue weighted by molar-refractivity contribution is 6.03. The molecule has 170 valence electrons. The molecule has 2 fully saturated rings. The molecule has 2 unspecified atom stereocenters. The zero-order valence-electron chi connectivity index (χ0n) is 18.3. The molecule has 0 radical (unpaired) electrons. The van der Waals surface area contributed by atoms with E-state index >= 15 is 4.39 Å². The van der Waals surface area contributed by atoms with E-state index in [4.69, 9.17) is 11.2 Å². The lowest BCUT2D eigenvalue weighted by molar-refractivity contribution is 0.380. The summed E-state index contributed by atoms with van der Waals surface area (Å²) in [6.45, 7) is 0.852. The number of fused-ring (bicyclic) bond motifs is 4. The quantitative estimate of drug-likeness (QED) is 0.445. The second-order valence-electron chi connectivity index (χ2n) is 8.86. The van der Waals surface area contributed by atoms with Crippen molar-refractivity contribution in [3.05, 3.63) is 47.7 Å². The molecule has 1 aliphatic heterocycles. The van der Waals surface area contributed by atoms with Gasteiger partial charge in [-0.2, -0.15) is 9.97 Å². The fourth-order valence-corrected chi connectivity index (χ4v) is 5.46. The number of hydrogen-bond acceptors (Lipinski definition) is 6. The van der Waals surface area contributed by atoms with E-state index < -0.39 is 11.6 Å². The van der Waals surface area contributed by atoms with Gasteiger partial charge in [0.1, 0.15) is 28.6 Å². The summed E-state index contributed by atoms with van der Waals surface area (Å²) in [5.74, 6) is 2.10. The van der Waals surface area contributed by atoms with Crippen LogP contribution < -0.4 is 9.64 Å². The van der Waals surface area contributed by atoms with Crippen molar-refractivity contribution in [1.82, 2.24) is 15.0 Å². The number of nitrogens with zero attached hydrogens (tertiary/aromatic N) is 4. The van der Waals surface area contributed by atoms with Gasteiger partial charge in [-0.1, -0.05) is 12.0 Å². The van der Waals surface area contributed by atoms with E-state index in [0.717, 1.165) is 19.4 Å². The smallest absolute Gasteiger partial charge is 0.318 e. The monoisotopic (exact) mass is 458 g/mol. The van der Waals surface area contributed by atoms with E-state index in [1.165, 1.54) is 44.0 Å². The van der Waals surface area contributed by atoms with Crippen molar-refractivity contribution >= 4 is 27.5 Å². The van der Waals surface area contributed by atoms with Crippen LogP contribution in [-0.2, 0) is 0 Å². The Morgan fingerprint density at radius 2 is 2.06 bits per heavy atom. The number of ether oxygens (including phenoxy) is 1. The summed E-state index contributed by atoms with van der Waals surface area (Å²) < 4.78 is 35.9. The molecule has 3 heterocycles. The molecule has 0 spiro atoms. The molecule has 6 nitrogen and oxygen atoms in total. The van der Waals surface area contributed by atoms with Crippen LogP contribution in [-0.4, -0.2) is 39.8 Å². The standard InChI is InChI=1S/C26H20F2N4O2/c1-3-17-20(27)7-5-14-9-16(33)10-18(21(14)17)23-22(28)24-19(11-29-23)25(31-26(30-24)34-2)32-12-13-4-6-15(32)8-13/h1,5,7,9-11,13,15,33H,4,6,8,12H2,2H3. The third kappa shape index (κ3) is 2.97. The summed E-state index contributed by atoms with van der Waals surface area (Å²) in [5.41, 5.74) is 0.110. The van der Waals surface area contributed by atoms with Gasteiger partial charge in [0.05, 0.1) is 18.1 Å². The van der Waals surface area contributed by atoms with Crippen LogP contribution in [0.2, 0.25) is 0 Å². The predicted molar refractivity (Wildman–Crippen MR) is 125 cm³/mol. The molecule has 2 bridgehead atoms. The first kappa shape index (κ1) is 20.6. The van der Waals surface area contributed by atoms with E-state index in [2.05, 4.69) is 25.8 Å². The minimum Gasteiger partial charge on any atom is -0.508 e. The van der Waals surface area contributed by atoms with Crippen molar-refractivity contribution < 1.29 is 18.6 Å². The first-order chi connectivity index (χ1) is 16.5. The molecule has 2 aromatic carbocycles. The van der Waals surface area contributed by atoms with E-state index in [0.29, 0.717) is 33.9 Å². The number of aromatic nitrogens is 3. The topological polar surface area (TPSA) is 71.4 Å². The average molecular weight is 458 g/mol. The Morgan fingerprint density at radius 1 is 1.21 bits per heavy atom. The van der Waals surface area contributed by atoms with Crippen LogP contribution in [0.15, 0.2) is 30.5 Å². The van der Waals surface area contributed by atoms with Gasteiger partial charge in [-0.3, -0.25) is 4.98 Å². The second-order valence-corrected chi connectivity index (χ2v) is 8.86. The third-order valence-electron chi connectivity index (χ3n) is 6.96. The summed E-state index contributed by atoms with van der Waals surface area (Å²) in [7, 11) is 1.44. The maximum Gasteiger partial charge on any atom is 0.318 e. The van der Waals surface area contributed by atoms with Gasteiger partial charge in [-0.25, -0.2) is 8.78 Å². The average Bonchev–Trinajstić information content (AvgIpc) is 3.47. The molecule has 1 saturated carbocycles. The number of hydrogen-bond donors (Lipinski definition) is 1. The number of piperidine rings is 1. The first-order valence-electron chi connectivity index (χ1n) is 11.1. The molecule has 2 aliphatic rings. The number of methoxy groups -OCH3 is 1. The van der Waals surface area contributed by atoms with Crippen LogP contribution >= 0.6 is 0 Å². The number of benzene rings is 2. The minimum absolute atomic E-state index is 0.0251. The zero-order chi connectivity index (χ0) is 23.6. The SMILES string of the molecule is C#Cc1c(F)ccc2cc(O)cc(-c3ncc4c(N5CC6CCC5C6)nc(OC)nc4c3F)c12. The van der Waals surface area contributed by atoms with Crippen molar-refractivity contribution in [3.63, 3.8) is 0 Å². The molecule has 34 heavy (non-hydrogen) atoms. The fraction of sp³-hybridized carbons (Fsp3) is 0.269. The Bertz CT molecular complexity index is 1530. The van der Waals surface area contributed by atoms with E-state index in [-0.39, 0.29) is 34.1 Å². The number of pyridine rings is 1. The molecular weight excluding hydrogens is 438 g/mol. The summed E-state index contributed by atoms with van der Waals surface area (Å²) in [6.07, 6.45) is 10.5. The number of halogens is 2. The lowest BCUT2D eigenvalue weighted by Gasteiger charge is -2.29. The number of phenolic OH excluding ortho intramolecular Hbond substituents is 1. The maximum absolute atomic E-state index is 16.1. The Kier molecular flexibility index (Phi) is 4.56. The molecule has 1 aliphatic carbocycles. The van der Waals surface area contributed by atoms with Crippen LogP contribution in [0.5, 0.6) is 11.8 Å². The molecule has 2 atom stereocenters. The fourth-order valence-electron chi connectivity index (χ4n) is 5.46. The Labute approximate surface area is 194 Å². The summed E-state index contributed by atoms with van der Waals surface area (Å²) in [5, 5.41) is 11.5. The van der Waals surface area contributed by atoms with Crippen LogP contribution in [0.4, 0.5) is 14.6 Å². The molecule has 0 amide bonds. The van der Waals surface area contributed by atoms with Crippen LogP contribution in [0.1, 0.15) is 24.8 Å². The van der Waals surface area contributed by atoms with Gasteiger partial charge in [0.25, 0.3) is 0 Å². The molecule has 6 rings (SSSR count). The van der Waals surface area contributed by atoms with E-state index in [9.17, 15) is 9.50 Å². The Hall–Kier alpha value is -3.99. The van der Waals surface area contributed by atoms with Crippen molar-refractivity contribution in [2.75, 3.05) is 18.6 Å². The number of anilines is 1. The van der Waals surface area contributed by atoms with Crippen molar-refractivity contribution in [1.29, 1.82) is 0 Å². The van der Waals surface area contributed by atoms with Crippen molar-refractivity contribution in [2.24, 2.45) is 5.92 Å². The van der Waals surface area contributed by atoms with Crippen molar-refractivity contribution in [3.8, 4) is 35.4 Å². The van der Waals surface area contributed by atoms with Crippen LogP contribution in [0.25, 0.3) is 32.9 Å². The lowest BCUT2D eigenvalue weighted by Crippen LogP contribution is -2.33. The molecule has 1 N–H and O–H groups in total. The van der Waals surface area contributed by atoms with Crippen LogP contribution in [0, 0.1) is 29.9 Å². The van der Waals surface area contributed by atoms with Crippen LogP contribution in [0.3, 0.4) is 0 Å². The number of aromatic hydroxyl groups is 1. The predicted octanol–water partition coefficient (Wildman–Crippen LogP) is 4.81. The van der Waals surface area contributed by atoms with Gasteiger partial charge >= 0.3 is 6.01 Å². The Morgan fingerprint density at radius 3 is 2.76 bits per heavy atom. The molecule has 8 heteroatoms. The van der Waals surface area contributed by atoms with Gasteiger partial charge in [-0.05, 0) is 48.8 Å². The highest BCUT2D eigenvalue weighted by Crippen LogP contribution is 2.43. The highest BCUT2D eigenvalue weighted by Gasteiger charge is 2.39. The second kappa shape index (κ2) is 7.52. The summed E-state index contributed by atoms with van der Waals surface area (Å²) >= 11 is 0. The molecule has 1 saturated heterocycles. The molecule has 2 aromatic heterocycles. The van der Waals surface area contributed by atoms with Gasteiger partial charge < -0.3 is 14.7 Å². The number of phenols is 1. The highest BCUT2D eigenvalue weighted by atomic mass is 19.1. The first-order valence-corrected chi connectivity index (χ1v) is 11.1. The zero-order valence-corrected chi connectivity index (χ0v) is 18.3. The summed E-state index contributed by atoms with van der Waals surface area (Å²) in [4.78, 5) is 15.4. The van der Waals surface area contributed by atoms with Gasteiger partial charge in [0, 0.05) is 29.7 Å². The third-order valence-corrected chi connectivity index (χ3v) is 6.96.